The first-order chi connectivity index (χ1) is 4.95. The maximum absolute atomic E-state index is 3.99. The second-order valence-corrected chi connectivity index (χ2v) is 3.23. The summed E-state index contributed by atoms with van der Waals surface area (Å²) in [6.07, 6.45) is 4.10. The van der Waals surface area contributed by atoms with Gasteiger partial charge in [-0.3, -0.25) is 4.98 Å². The molecule has 0 atom stereocenters. The molecule has 0 aromatic carbocycles. The first kappa shape index (κ1) is 6.07. The Balaban J connectivity index is 2.15. The summed E-state index contributed by atoms with van der Waals surface area (Å²) in [5.41, 5.74) is 3.34. The van der Waals surface area contributed by atoms with Crippen LogP contribution in [0.15, 0.2) is 17.3 Å². The molecule has 0 amide bonds. The Hall–Kier alpha value is -0.670. The van der Waals surface area contributed by atoms with Crippen molar-refractivity contribution in [2.45, 2.75) is 0 Å². The van der Waals surface area contributed by atoms with Crippen LogP contribution < -0.4 is 5.32 Å². The monoisotopic (exact) mass is 152 g/mol. The number of nitrogens with zero attached hydrogens (tertiary/aromatic N) is 1. The van der Waals surface area contributed by atoms with Crippen LogP contribution in [0, 0.1) is 0 Å². The van der Waals surface area contributed by atoms with E-state index in [1.165, 1.54) is 10.5 Å². The van der Waals surface area contributed by atoms with Gasteiger partial charge in [0, 0.05) is 24.2 Å². The molecule has 0 bridgehead atoms. The van der Waals surface area contributed by atoms with Gasteiger partial charge in [-0.25, -0.2) is 0 Å². The van der Waals surface area contributed by atoms with Crippen LogP contribution in [0.25, 0.3) is 6.08 Å². The third-order valence-corrected chi connectivity index (χ3v) is 2.22. The number of aromatic nitrogens is 1. The maximum Gasteiger partial charge on any atom is 0.0797 e. The molecule has 1 fully saturated rings. The third-order valence-electron chi connectivity index (χ3n) is 1.50. The molecule has 2 nitrogen and oxygen atoms in total. The Bertz CT molecular complexity index is 232. The Morgan fingerprint density at radius 2 is 2.50 bits per heavy atom. The fourth-order valence-corrected chi connectivity index (χ4v) is 1.47. The van der Waals surface area contributed by atoms with E-state index in [1.54, 1.807) is 11.3 Å². The van der Waals surface area contributed by atoms with Crippen LogP contribution in [0.3, 0.4) is 0 Å². The van der Waals surface area contributed by atoms with E-state index in [2.05, 4.69) is 16.4 Å². The second-order valence-electron chi connectivity index (χ2n) is 2.31. The van der Waals surface area contributed by atoms with Crippen molar-refractivity contribution in [3.8, 4) is 0 Å². The minimum atomic E-state index is 1.05. The SMILES string of the molecule is C(=C1CNC1)c1cncs1. The molecule has 0 radical (unpaired) electrons. The van der Waals surface area contributed by atoms with Gasteiger partial charge in [0.2, 0.25) is 0 Å². The average Bonchev–Trinajstić information content (AvgIpc) is 2.29. The van der Waals surface area contributed by atoms with Gasteiger partial charge in [-0.15, -0.1) is 11.3 Å². The minimum absolute atomic E-state index is 1.05. The average molecular weight is 152 g/mol. The van der Waals surface area contributed by atoms with Crippen LogP contribution in [-0.2, 0) is 0 Å². The van der Waals surface area contributed by atoms with E-state index in [4.69, 9.17) is 0 Å². The molecule has 1 aromatic heterocycles. The van der Waals surface area contributed by atoms with Crippen molar-refractivity contribution in [3.05, 3.63) is 22.2 Å². The first-order valence-electron chi connectivity index (χ1n) is 3.24. The summed E-state index contributed by atoms with van der Waals surface area (Å²) >= 11 is 1.69. The predicted molar refractivity (Wildman–Crippen MR) is 43.0 cm³/mol. The second kappa shape index (κ2) is 2.52. The van der Waals surface area contributed by atoms with Crippen LogP contribution in [-0.4, -0.2) is 18.1 Å². The van der Waals surface area contributed by atoms with Crippen LogP contribution in [0.4, 0.5) is 0 Å². The standard InChI is InChI=1S/C7H8N2S/c1(6-2-8-3-6)7-4-9-5-10-7/h1,4-5,8H,2-3H2. The molecule has 10 heavy (non-hydrogen) atoms. The third kappa shape index (κ3) is 1.10. The predicted octanol–water partition coefficient (Wildman–Crippen LogP) is 1.13. The van der Waals surface area contributed by atoms with Gasteiger partial charge in [0.1, 0.15) is 0 Å². The first-order valence-corrected chi connectivity index (χ1v) is 4.12. The van der Waals surface area contributed by atoms with Gasteiger partial charge in [-0.2, -0.15) is 0 Å². The zero-order valence-electron chi connectivity index (χ0n) is 5.50. The fourth-order valence-electron chi connectivity index (χ4n) is 0.869. The Morgan fingerprint density at radius 1 is 1.60 bits per heavy atom. The summed E-state index contributed by atoms with van der Waals surface area (Å²) in [6.45, 7) is 2.11. The topological polar surface area (TPSA) is 24.9 Å². The Morgan fingerprint density at radius 3 is 3.00 bits per heavy atom. The Kier molecular flexibility index (Phi) is 1.53. The highest BCUT2D eigenvalue weighted by Gasteiger charge is 2.06. The largest absolute Gasteiger partial charge is 0.309 e. The number of rotatable bonds is 1. The molecule has 1 aliphatic heterocycles. The van der Waals surface area contributed by atoms with Crippen molar-refractivity contribution < 1.29 is 0 Å². The molecule has 2 heterocycles. The van der Waals surface area contributed by atoms with Gasteiger partial charge < -0.3 is 5.32 Å². The van der Waals surface area contributed by atoms with Gasteiger partial charge >= 0.3 is 0 Å². The number of thiazole rings is 1. The van der Waals surface area contributed by atoms with Gasteiger partial charge in [-0.1, -0.05) is 0 Å². The maximum atomic E-state index is 3.99. The van der Waals surface area contributed by atoms with E-state index < -0.39 is 0 Å². The van der Waals surface area contributed by atoms with Crippen LogP contribution in [0.1, 0.15) is 4.88 Å². The van der Waals surface area contributed by atoms with E-state index in [0.717, 1.165) is 13.1 Å². The molecule has 3 heteroatoms. The van der Waals surface area contributed by atoms with Crippen LogP contribution >= 0.6 is 11.3 Å². The zero-order valence-corrected chi connectivity index (χ0v) is 6.32. The van der Waals surface area contributed by atoms with Crippen LogP contribution in [0.5, 0.6) is 0 Å². The summed E-state index contributed by atoms with van der Waals surface area (Å²) in [4.78, 5) is 5.25. The molecule has 0 aliphatic carbocycles. The van der Waals surface area contributed by atoms with E-state index >= 15 is 0 Å². The molecule has 1 N–H and O–H groups in total. The highest BCUT2D eigenvalue weighted by atomic mass is 32.1. The van der Waals surface area contributed by atoms with Crippen molar-refractivity contribution in [1.82, 2.24) is 10.3 Å². The van der Waals surface area contributed by atoms with Crippen molar-refractivity contribution in [3.63, 3.8) is 0 Å². The van der Waals surface area contributed by atoms with Gasteiger partial charge in [0.25, 0.3) is 0 Å². The minimum Gasteiger partial charge on any atom is -0.309 e. The highest BCUT2D eigenvalue weighted by Crippen LogP contribution is 2.12. The summed E-state index contributed by atoms with van der Waals surface area (Å²) in [7, 11) is 0. The number of hydrogen-bond acceptors (Lipinski definition) is 3. The molecule has 0 unspecified atom stereocenters. The molecule has 2 rings (SSSR count). The van der Waals surface area contributed by atoms with Crippen molar-refractivity contribution in [1.29, 1.82) is 0 Å². The van der Waals surface area contributed by atoms with Gasteiger partial charge in [0.05, 0.1) is 5.51 Å². The van der Waals surface area contributed by atoms with E-state index in [9.17, 15) is 0 Å². The van der Waals surface area contributed by atoms with Gasteiger partial charge in [0.15, 0.2) is 0 Å². The van der Waals surface area contributed by atoms with Gasteiger partial charge in [-0.05, 0) is 11.6 Å². The molecule has 0 saturated carbocycles. The normalized spacial score (nSPS) is 16.6. The zero-order chi connectivity index (χ0) is 6.81. The van der Waals surface area contributed by atoms with E-state index in [0.29, 0.717) is 0 Å². The smallest absolute Gasteiger partial charge is 0.0797 e. The van der Waals surface area contributed by atoms with Crippen molar-refractivity contribution in [2.24, 2.45) is 0 Å². The van der Waals surface area contributed by atoms with Crippen LogP contribution in [0.2, 0.25) is 0 Å². The molecule has 52 valence electrons. The fraction of sp³-hybridized carbons (Fsp3) is 0.286. The van der Waals surface area contributed by atoms with Crippen molar-refractivity contribution in [2.75, 3.05) is 13.1 Å². The summed E-state index contributed by atoms with van der Waals surface area (Å²) in [5, 5.41) is 3.19. The summed E-state index contributed by atoms with van der Waals surface area (Å²) in [5.74, 6) is 0. The molecule has 0 spiro atoms. The molecule has 1 aliphatic rings. The lowest BCUT2D eigenvalue weighted by Gasteiger charge is -2.17. The lowest BCUT2D eigenvalue weighted by Crippen LogP contribution is -2.33. The molecular weight excluding hydrogens is 144 g/mol. The lowest BCUT2D eigenvalue weighted by molar-refractivity contribution is 0.675. The quantitative estimate of drug-likeness (QED) is 0.652. The highest BCUT2D eigenvalue weighted by molar-refractivity contribution is 7.10. The summed E-state index contributed by atoms with van der Waals surface area (Å²) in [6, 6.07) is 0. The van der Waals surface area contributed by atoms with Crippen molar-refractivity contribution >= 4 is 17.4 Å². The van der Waals surface area contributed by atoms with E-state index in [1.807, 2.05) is 11.7 Å². The molecule has 1 saturated heterocycles. The molecule has 1 aromatic rings. The molecular formula is C7H8N2S. The Labute approximate surface area is 63.6 Å². The summed E-state index contributed by atoms with van der Waals surface area (Å²) < 4.78 is 0. The number of hydrogen-bond donors (Lipinski definition) is 1. The number of nitrogens with one attached hydrogen (secondary N) is 1. The van der Waals surface area contributed by atoms with E-state index in [-0.39, 0.29) is 0 Å². The lowest BCUT2D eigenvalue weighted by atomic mass is 10.1.